The van der Waals surface area contributed by atoms with Crippen molar-refractivity contribution in [1.82, 2.24) is 15.1 Å². The number of nitrogens with one attached hydrogen (secondary N) is 1. The maximum Gasteiger partial charge on any atom is 0.244 e. The lowest BCUT2D eigenvalue weighted by atomic mass is 9.94. The van der Waals surface area contributed by atoms with E-state index < -0.39 is 5.60 Å². The van der Waals surface area contributed by atoms with Crippen LogP contribution in [0.25, 0.3) is 0 Å². The molecule has 0 saturated heterocycles. The number of aliphatic hydroxyl groups is 1. The highest BCUT2D eigenvalue weighted by Crippen LogP contribution is 2.26. The van der Waals surface area contributed by atoms with Gasteiger partial charge in [0, 0.05) is 18.9 Å². The predicted molar refractivity (Wildman–Crippen MR) is 72.6 cm³/mol. The first-order chi connectivity index (χ1) is 9.11. The van der Waals surface area contributed by atoms with Gasteiger partial charge in [0.15, 0.2) is 0 Å². The highest BCUT2D eigenvalue weighted by Gasteiger charge is 2.29. The van der Waals surface area contributed by atoms with Gasteiger partial charge in [-0.1, -0.05) is 25.7 Å². The molecule has 1 unspecified atom stereocenters. The molecule has 1 amide bonds. The standard InChI is InChI=1S/C14H23N3O2/c1-12(17-10-6-9-16-17)13(18)15-11-14(19)7-4-2-3-5-8-14/h6,9-10,12,19H,2-5,7-8,11H2,1H3,(H,15,18). The Morgan fingerprint density at radius 3 is 2.68 bits per heavy atom. The Labute approximate surface area is 114 Å². The Morgan fingerprint density at radius 1 is 1.42 bits per heavy atom. The van der Waals surface area contributed by atoms with E-state index in [0.717, 1.165) is 25.7 Å². The second kappa shape index (κ2) is 6.19. The molecule has 2 rings (SSSR count). The Balaban J connectivity index is 1.85. The molecule has 1 saturated carbocycles. The molecule has 1 atom stereocenters. The second-order valence-corrected chi connectivity index (χ2v) is 5.52. The summed E-state index contributed by atoms with van der Waals surface area (Å²) in [7, 11) is 0. The summed E-state index contributed by atoms with van der Waals surface area (Å²) in [5.74, 6) is -0.0960. The predicted octanol–water partition coefficient (Wildman–Crippen LogP) is 1.65. The van der Waals surface area contributed by atoms with E-state index in [2.05, 4.69) is 10.4 Å². The molecular weight excluding hydrogens is 242 g/mol. The van der Waals surface area contributed by atoms with Crippen LogP contribution >= 0.6 is 0 Å². The van der Waals surface area contributed by atoms with E-state index in [1.54, 1.807) is 30.1 Å². The van der Waals surface area contributed by atoms with Gasteiger partial charge in [-0.05, 0) is 25.8 Å². The molecule has 1 aliphatic rings. The van der Waals surface area contributed by atoms with E-state index in [4.69, 9.17) is 0 Å². The van der Waals surface area contributed by atoms with Crippen molar-refractivity contribution in [2.45, 2.75) is 57.1 Å². The van der Waals surface area contributed by atoms with E-state index in [9.17, 15) is 9.90 Å². The molecule has 5 heteroatoms. The van der Waals surface area contributed by atoms with Crippen molar-refractivity contribution in [3.05, 3.63) is 18.5 Å². The van der Waals surface area contributed by atoms with Crippen LogP contribution in [-0.4, -0.2) is 32.9 Å². The largest absolute Gasteiger partial charge is 0.388 e. The Kier molecular flexibility index (Phi) is 4.58. The molecule has 0 spiro atoms. The van der Waals surface area contributed by atoms with Crippen LogP contribution in [0.1, 0.15) is 51.5 Å². The van der Waals surface area contributed by atoms with Crippen LogP contribution in [0.3, 0.4) is 0 Å². The van der Waals surface area contributed by atoms with Crippen LogP contribution in [0.2, 0.25) is 0 Å². The number of aromatic nitrogens is 2. The monoisotopic (exact) mass is 265 g/mol. The van der Waals surface area contributed by atoms with Crippen molar-refractivity contribution in [1.29, 1.82) is 0 Å². The minimum Gasteiger partial charge on any atom is -0.388 e. The third-order valence-electron chi connectivity index (χ3n) is 3.93. The summed E-state index contributed by atoms with van der Waals surface area (Å²) < 4.78 is 1.62. The van der Waals surface area contributed by atoms with E-state index >= 15 is 0 Å². The first kappa shape index (κ1) is 14.1. The first-order valence-electron chi connectivity index (χ1n) is 7.10. The smallest absolute Gasteiger partial charge is 0.244 e. The molecule has 0 aromatic carbocycles. The van der Waals surface area contributed by atoms with Crippen LogP contribution in [0, 0.1) is 0 Å². The van der Waals surface area contributed by atoms with Gasteiger partial charge in [-0.15, -0.1) is 0 Å². The zero-order chi connectivity index (χ0) is 13.7. The molecule has 19 heavy (non-hydrogen) atoms. The molecule has 0 bridgehead atoms. The van der Waals surface area contributed by atoms with E-state index in [1.165, 1.54) is 12.8 Å². The molecule has 0 aliphatic heterocycles. The van der Waals surface area contributed by atoms with E-state index in [-0.39, 0.29) is 11.9 Å². The summed E-state index contributed by atoms with van der Waals surface area (Å²) in [6, 6.07) is 1.45. The maximum atomic E-state index is 12.0. The Hall–Kier alpha value is -1.36. The summed E-state index contributed by atoms with van der Waals surface area (Å²) in [6.07, 6.45) is 9.43. The molecular formula is C14H23N3O2. The molecule has 0 radical (unpaired) electrons. The zero-order valence-corrected chi connectivity index (χ0v) is 11.5. The van der Waals surface area contributed by atoms with Gasteiger partial charge in [-0.2, -0.15) is 5.10 Å². The fraction of sp³-hybridized carbons (Fsp3) is 0.714. The number of hydrogen-bond acceptors (Lipinski definition) is 3. The van der Waals surface area contributed by atoms with Crippen LogP contribution in [0.4, 0.5) is 0 Å². The van der Waals surface area contributed by atoms with Gasteiger partial charge in [0.05, 0.1) is 5.60 Å². The van der Waals surface area contributed by atoms with Crippen molar-refractivity contribution in [3.63, 3.8) is 0 Å². The zero-order valence-electron chi connectivity index (χ0n) is 11.5. The van der Waals surface area contributed by atoms with Crippen molar-refractivity contribution < 1.29 is 9.90 Å². The van der Waals surface area contributed by atoms with Crippen LogP contribution < -0.4 is 5.32 Å². The lowest BCUT2D eigenvalue weighted by Crippen LogP contribution is -2.44. The second-order valence-electron chi connectivity index (χ2n) is 5.52. The van der Waals surface area contributed by atoms with Crippen molar-refractivity contribution >= 4 is 5.91 Å². The summed E-state index contributed by atoms with van der Waals surface area (Å²) in [5, 5.41) is 17.4. The summed E-state index contributed by atoms with van der Waals surface area (Å²) in [4.78, 5) is 12.0. The molecule has 106 valence electrons. The normalized spacial score (nSPS) is 20.5. The van der Waals surface area contributed by atoms with Gasteiger partial charge in [-0.25, -0.2) is 0 Å². The minimum absolute atomic E-state index is 0.0960. The van der Waals surface area contributed by atoms with Crippen LogP contribution in [0.15, 0.2) is 18.5 Å². The molecule has 1 heterocycles. The van der Waals surface area contributed by atoms with E-state index in [0.29, 0.717) is 6.54 Å². The molecule has 1 aliphatic carbocycles. The number of carbonyl (C=O) groups excluding carboxylic acids is 1. The van der Waals surface area contributed by atoms with Crippen molar-refractivity contribution in [2.75, 3.05) is 6.54 Å². The van der Waals surface area contributed by atoms with Gasteiger partial charge in [0.25, 0.3) is 0 Å². The van der Waals surface area contributed by atoms with Crippen LogP contribution in [0.5, 0.6) is 0 Å². The van der Waals surface area contributed by atoms with Gasteiger partial charge < -0.3 is 10.4 Å². The molecule has 5 nitrogen and oxygen atoms in total. The van der Waals surface area contributed by atoms with Gasteiger partial charge >= 0.3 is 0 Å². The van der Waals surface area contributed by atoms with Gasteiger partial charge in [0.1, 0.15) is 6.04 Å². The topological polar surface area (TPSA) is 67.2 Å². The van der Waals surface area contributed by atoms with Gasteiger partial charge in [-0.3, -0.25) is 9.48 Å². The maximum absolute atomic E-state index is 12.0. The van der Waals surface area contributed by atoms with Crippen molar-refractivity contribution in [3.8, 4) is 0 Å². The highest BCUT2D eigenvalue weighted by atomic mass is 16.3. The number of rotatable bonds is 4. The lowest BCUT2D eigenvalue weighted by molar-refractivity contribution is -0.125. The molecule has 1 aromatic heterocycles. The number of hydrogen-bond donors (Lipinski definition) is 2. The lowest BCUT2D eigenvalue weighted by Gasteiger charge is -2.27. The molecule has 1 fully saturated rings. The summed E-state index contributed by atoms with van der Waals surface area (Å²) in [6.45, 7) is 2.15. The highest BCUT2D eigenvalue weighted by molar-refractivity contribution is 5.79. The number of nitrogens with zero attached hydrogens (tertiary/aromatic N) is 2. The summed E-state index contributed by atoms with van der Waals surface area (Å²) in [5.41, 5.74) is -0.726. The average Bonchev–Trinajstić information content (AvgIpc) is 2.85. The summed E-state index contributed by atoms with van der Waals surface area (Å²) >= 11 is 0. The minimum atomic E-state index is -0.726. The van der Waals surface area contributed by atoms with E-state index in [1.807, 2.05) is 0 Å². The fourth-order valence-corrected chi connectivity index (χ4v) is 2.59. The molecule has 2 N–H and O–H groups in total. The SMILES string of the molecule is CC(C(=O)NCC1(O)CCCCCC1)n1cccn1. The van der Waals surface area contributed by atoms with Crippen LogP contribution in [-0.2, 0) is 4.79 Å². The average molecular weight is 265 g/mol. The third-order valence-corrected chi connectivity index (χ3v) is 3.93. The molecule has 1 aromatic rings. The third kappa shape index (κ3) is 3.80. The Bertz CT molecular complexity index is 395. The quantitative estimate of drug-likeness (QED) is 0.813. The first-order valence-corrected chi connectivity index (χ1v) is 7.10. The fourth-order valence-electron chi connectivity index (χ4n) is 2.59. The Morgan fingerprint density at radius 2 is 2.11 bits per heavy atom. The van der Waals surface area contributed by atoms with Crippen molar-refractivity contribution in [2.24, 2.45) is 0 Å². The number of amides is 1. The number of carbonyl (C=O) groups is 1. The van der Waals surface area contributed by atoms with Gasteiger partial charge in [0.2, 0.25) is 5.91 Å².